The largest absolute Gasteiger partial charge is 0.381 e. The minimum Gasteiger partial charge on any atom is -0.381 e. The minimum atomic E-state index is 0.311. The Labute approximate surface area is 83.3 Å². The first-order chi connectivity index (χ1) is 6.79. The van der Waals surface area contributed by atoms with Crippen LogP contribution in [0.25, 0.3) is 10.9 Å². The van der Waals surface area contributed by atoms with Crippen molar-refractivity contribution in [3.05, 3.63) is 30.5 Å². The van der Waals surface area contributed by atoms with E-state index in [9.17, 15) is 0 Å². The Morgan fingerprint density at radius 1 is 1.43 bits per heavy atom. The number of hydrogen-bond acceptors (Lipinski definition) is 2. The average molecular weight is 189 g/mol. The van der Waals surface area contributed by atoms with E-state index in [4.69, 9.17) is 5.73 Å². The van der Waals surface area contributed by atoms with Gasteiger partial charge in [0.2, 0.25) is 0 Å². The smallest absolute Gasteiger partial charge is 0.0455 e. The molecule has 0 spiro atoms. The van der Waals surface area contributed by atoms with Crippen molar-refractivity contribution in [1.82, 2.24) is 4.98 Å². The number of fused-ring (bicyclic) bond motifs is 1. The highest BCUT2D eigenvalue weighted by Gasteiger charge is 2.00. The monoisotopic (exact) mass is 189 g/mol. The zero-order chi connectivity index (χ0) is 9.97. The van der Waals surface area contributed by atoms with Gasteiger partial charge in [-0.15, -0.1) is 0 Å². The summed E-state index contributed by atoms with van der Waals surface area (Å²) >= 11 is 0. The van der Waals surface area contributed by atoms with E-state index in [-0.39, 0.29) is 0 Å². The molecule has 1 aromatic carbocycles. The van der Waals surface area contributed by atoms with Crippen molar-refractivity contribution in [2.24, 2.45) is 5.73 Å². The fourth-order valence-electron chi connectivity index (χ4n) is 1.49. The Morgan fingerprint density at radius 2 is 2.29 bits per heavy atom. The van der Waals surface area contributed by atoms with E-state index in [1.165, 1.54) is 5.39 Å². The first-order valence-corrected chi connectivity index (χ1v) is 4.83. The maximum atomic E-state index is 5.54. The van der Waals surface area contributed by atoms with Gasteiger partial charge in [-0.3, -0.25) is 0 Å². The topological polar surface area (TPSA) is 53.8 Å². The molecular weight excluding hydrogens is 174 g/mol. The molecule has 0 saturated carbocycles. The molecule has 0 aliphatic rings. The first-order valence-electron chi connectivity index (χ1n) is 4.83. The summed E-state index contributed by atoms with van der Waals surface area (Å²) in [5, 5.41) is 4.56. The third kappa shape index (κ3) is 1.72. The Balaban J connectivity index is 2.25. The van der Waals surface area contributed by atoms with Gasteiger partial charge in [0.25, 0.3) is 0 Å². The van der Waals surface area contributed by atoms with Crippen LogP contribution in [0.2, 0.25) is 0 Å². The lowest BCUT2D eigenvalue weighted by Gasteiger charge is -2.12. The highest BCUT2D eigenvalue weighted by atomic mass is 14.9. The summed E-state index contributed by atoms with van der Waals surface area (Å²) in [6.07, 6.45) is 1.95. The molecule has 3 nitrogen and oxygen atoms in total. The molecule has 1 heterocycles. The molecule has 1 unspecified atom stereocenters. The van der Waals surface area contributed by atoms with Gasteiger partial charge in [0.05, 0.1) is 0 Å². The standard InChI is InChI=1S/C11H15N3/c1-8(7-12)14-10-2-3-11-9(6-10)4-5-13-11/h2-6,8,13-14H,7,12H2,1H3. The summed E-state index contributed by atoms with van der Waals surface area (Å²) in [5.41, 5.74) is 7.83. The molecule has 0 amide bonds. The van der Waals surface area contributed by atoms with Crippen LogP contribution in [0.1, 0.15) is 6.92 Å². The molecule has 74 valence electrons. The highest BCUT2D eigenvalue weighted by molar-refractivity contribution is 5.82. The van der Waals surface area contributed by atoms with Crippen LogP contribution in [-0.2, 0) is 0 Å². The number of rotatable bonds is 3. The lowest BCUT2D eigenvalue weighted by molar-refractivity contribution is 0.804. The summed E-state index contributed by atoms with van der Waals surface area (Å²) in [4.78, 5) is 3.16. The highest BCUT2D eigenvalue weighted by Crippen LogP contribution is 2.18. The Morgan fingerprint density at radius 3 is 3.07 bits per heavy atom. The summed E-state index contributed by atoms with van der Waals surface area (Å²) in [6.45, 7) is 2.71. The SMILES string of the molecule is CC(CN)Nc1ccc2[nH]ccc2c1. The molecule has 0 saturated heterocycles. The van der Waals surface area contributed by atoms with Gasteiger partial charge in [-0.05, 0) is 31.2 Å². The van der Waals surface area contributed by atoms with E-state index in [1.54, 1.807) is 0 Å². The maximum Gasteiger partial charge on any atom is 0.0455 e. The van der Waals surface area contributed by atoms with Gasteiger partial charge in [-0.25, -0.2) is 0 Å². The van der Waals surface area contributed by atoms with Crippen LogP contribution in [0.15, 0.2) is 30.5 Å². The molecule has 0 radical (unpaired) electrons. The number of H-pyrrole nitrogens is 1. The molecule has 0 aliphatic heterocycles. The molecule has 1 aromatic heterocycles. The van der Waals surface area contributed by atoms with Crippen LogP contribution in [0, 0.1) is 0 Å². The van der Waals surface area contributed by atoms with Crippen molar-refractivity contribution in [3.63, 3.8) is 0 Å². The molecule has 3 heteroatoms. The molecule has 0 bridgehead atoms. The predicted octanol–water partition coefficient (Wildman–Crippen LogP) is 1.93. The van der Waals surface area contributed by atoms with Crippen molar-refractivity contribution in [2.45, 2.75) is 13.0 Å². The third-order valence-corrected chi connectivity index (χ3v) is 2.32. The first kappa shape index (κ1) is 9.09. The van der Waals surface area contributed by atoms with Gasteiger partial charge in [-0.1, -0.05) is 0 Å². The average Bonchev–Trinajstić information content (AvgIpc) is 2.64. The summed E-state index contributed by atoms with van der Waals surface area (Å²) in [5.74, 6) is 0. The van der Waals surface area contributed by atoms with Crippen molar-refractivity contribution < 1.29 is 0 Å². The Bertz CT molecular complexity index is 419. The van der Waals surface area contributed by atoms with E-state index in [1.807, 2.05) is 6.20 Å². The van der Waals surface area contributed by atoms with Gasteiger partial charge in [0.15, 0.2) is 0 Å². The van der Waals surface area contributed by atoms with Crippen molar-refractivity contribution in [1.29, 1.82) is 0 Å². The summed E-state index contributed by atoms with van der Waals surface area (Å²) in [7, 11) is 0. The zero-order valence-electron chi connectivity index (χ0n) is 8.25. The van der Waals surface area contributed by atoms with Crippen LogP contribution >= 0.6 is 0 Å². The number of aromatic nitrogens is 1. The minimum absolute atomic E-state index is 0.311. The number of hydrogen-bond donors (Lipinski definition) is 3. The molecule has 1 atom stereocenters. The second kappa shape index (κ2) is 3.72. The molecular formula is C11H15N3. The lowest BCUT2D eigenvalue weighted by atomic mass is 10.2. The van der Waals surface area contributed by atoms with Gasteiger partial charge in [-0.2, -0.15) is 0 Å². The van der Waals surface area contributed by atoms with E-state index in [2.05, 4.69) is 41.5 Å². The second-order valence-corrected chi connectivity index (χ2v) is 3.56. The number of aromatic amines is 1. The van der Waals surface area contributed by atoms with E-state index in [0.717, 1.165) is 11.2 Å². The fraction of sp³-hybridized carbons (Fsp3) is 0.273. The van der Waals surface area contributed by atoms with Crippen molar-refractivity contribution >= 4 is 16.6 Å². The van der Waals surface area contributed by atoms with Crippen LogP contribution in [-0.4, -0.2) is 17.6 Å². The zero-order valence-corrected chi connectivity index (χ0v) is 8.25. The third-order valence-electron chi connectivity index (χ3n) is 2.32. The quantitative estimate of drug-likeness (QED) is 0.691. The summed E-state index contributed by atoms with van der Waals surface area (Å²) in [6, 6.07) is 8.63. The van der Waals surface area contributed by atoms with Crippen LogP contribution in [0.4, 0.5) is 5.69 Å². The van der Waals surface area contributed by atoms with Crippen molar-refractivity contribution in [3.8, 4) is 0 Å². The van der Waals surface area contributed by atoms with Gasteiger partial charge in [0.1, 0.15) is 0 Å². The molecule has 0 fully saturated rings. The van der Waals surface area contributed by atoms with Gasteiger partial charge < -0.3 is 16.0 Å². The predicted molar refractivity (Wildman–Crippen MR) is 60.4 cm³/mol. The lowest BCUT2D eigenvalue weighted by Crippen LogP contribution is -2.24. The molecule has 0 aliphatic carbocycles. The van der Waals surface area contributed by atoms with Crippen LogP contribution in [0.5, 0.6) is 0 Å². The summed E-state index contributed by atoms with van der Waals surface area (Å²) < 4.78 is 0. The molecule has 2 aromatic rings. The molecule has 2 rings (SSSR count). The Hall–Kier alpha value is -1.48. The number of nitrogens with one attached hydrogen (secondary N) is 2. The van der Waals surface area contributed by atoms with Gasteiger partial charge >= 0.3 is 0 Å². The van der Waals surface area contributed by atoms with Crippen molar-refractivity contribution in [2.75, 3.05) is 11.9 Å². The molecule has 14 heavy (non-hydrogen) atoms. The Kier molecular flexibility index (Phi) is 2.41. The fourth-order valence-corrected chi connectivity index (χ4v) is 1.49. The normalized spacial score (nSPS) is 13.0. The second-order valence-electron chi connectivity index (χ2n) is 3.56. The maximum absolute atomic E-state index is 5.54. The number of benzene rings is 1. The van der Waals surface area contributed by atoms with E-state index in [0.29, 0.717) is 12.6 Å². The van der Waals surface area contributed by atoms with Crippen LogP contribution in [0.3, 0.4) is 0 Å². The number of anilines is 1. The molecule has 4 N–H and O–H groups in total. The van der Waals surface area contributed by atoms with Crippen LogP contribution < -0.4 is 11.1 Å². The van der Waals surface area contributed by atoms with E-state index >= 15 is 0 Å². The number of nitrogens with two attached hydrogens (primary N) is 1. The van der Waals surface area contributed by atoms with E-state index < -0.39 is 0 Å². The van der Waals surface area contributed by atoms with Gasteiger partial charge in [0, 0.05) is 35.4 Å².